The molecule has 10 atom stereocenters. The lowest BCUT2D eigenvalue weighted by molar-refractivity contribution is -0.168. The zero-order chi connectivity index (χ0) is 35.7. The Bertz CT molecular complexity index is 1200. The van der Waals surface area contributed by atoms with Crippen LogP contribution in [0.3, 0.4) is 0 Å². The smallest absolute Gasteiger partial charge is 0.311 e. The van der Waals surface area contributed by atoms with Crippen molar-refractivity contribution in [2.45, 2.75) is 144 Å². The minimum absolute atomic E-state index is 0.0932. The standard InChI is InChI=1S/C42H66O6/c1-27-17-19-35-39(5,21-13-23-41(35,7)37(45)47-9)31(27)25-33(43)29(3)15-11-12-16-30(4)34(44)26-32-28(2)18-20-36-40(32,6)22-14-24-42(36,8)38(46)48-10/h15-16,31-36,43-44H,1-2,11-14,17-26H2,3-10H3/b29-15+,30-16+/t31-,32-,33-,34-,35+,36+,39+,40+,41-,42-/m0/s1. The van der Waals surface area contributed by atoms with Crippen LogP contribution in [0.25, 0.3) is 0 Å². The summed E-state index contributed by atoms with van der Waals surface area (Å²) in [4.78, 5) is 25.9. The van der Waals surface area contributed by atoms with Crippen LogP contribution in [0.15, 0.2) is 47.6 Å². The molecule has 0 aromatic carbocycles. The Morgan fingerprint density at radius 1 is 0.729 bits per heavy atom. The molecule has 0 unspecified atom stereocenters. The van der Waals surface area contributed by atoms with Gasteiger partial charge in [-0.05, 0) is 150 Å². The first-order chi connectivity index (χ1) is 22.5. The Morgan fingerprint density at radius 2 is 1.08 bits per heavy atom. The van der Waals surface area contributed by atoms with Crippen LogP contribution >= 0.6 is 0 Å². The zero-order valence-electron chi connectivity index (χ0n) is 31.5. The molecule has 4 fully saturated rings. The third kappa shape index (κ3) is 7.04. The van der Waals surface area contributed by atoms with E-state index in [1.165, 1.54) is 25.4 Å². The van der Waals surface area contributed by atoms with Crippen LogP contribution in [0.4, 0.5) is 0 Å². The van der Waals surface area contributed by atoms with Gasteiger partial charge in [0.1, 0.15) is 0 Å². The number of unbranched alkanes of at least 4 members (excludes halogenated alkanes) is 1. The van der Waals surface area contributed by atoms with E-state index in [1.807, 2.05) is 13.8 Å². The van der Waals surface area contributed by atoms with Crippen LogP contribution in [-0.2, 0) is 19.1 Å². The van der Waals surface area contributed by atoms with Crippen molar-refractivity contribution in [2.75, 3.05) is 14.2 Å². The molecule has 48 heavy (non-hydrogen) atoms. The summed E-state index contributed by atoms with van der Waals surface area (Å²) in [5.41, 5.74) is 3.17. The topological polar surface area (TPSA) is 93.1 Å². The number of hydrogen-bond donors (Lipinski definition) is 2. The van der Waals surface area contributed by atoms with E-state index in [1.54, 1.807) is 0 Å². The van der Waals surface area contributed by atoms with Crippen LogP contribution in [0.2, 0.25) is 0 Å². The Morgan fingerprint density at radius 3 is 1.42 bits per heavy atom. The van der Waals surface area contributed by atoms with E-state index in [9.17, 15) is 19.8 Å². The number of methoxy groups -OCH3 is 2. The van der Waals surface area contributed by atoms with Gasteiger partial charge in [0, 0.05) is 0 Å². The van der Waals surface area contributed by atoms with E-state index in [0.29, 0.717) is 12.8 Å². The summed E-state index contributed by atoms with van der Waals surface area (Å²) in [5.74, 6) is 0.531. The number of carbonyl (C=O) groups is 2. The van der Waals surface area contributed by atoms with Gasteiger partial charge in [0.2, 0.25) is 0 Å². The molecule has 0 saturated heterocycles. The highest BCUT2D eigenvalue weighted by Crippen LogP contribution is 2.63. The molecule has 0 spiro atoms. The summed E-state index contributed by atoms with van der Waals surface area (Å²) in [5, 5.41) is 22.8. The van der Waals surface area contributed by atoms with E-state index in [4.69, 9.17) is 9.47 Å². The Labute approximate surface area is 291 Å². The maximum atomic E-state index is 12.9. The number of ether oxygens (including phenoxy) is 2. The largest absolute Gasteiger partial charge is 0.469 e. The third-order valence-corrected chi connectivity index (χ3v) is 14.4. The summed E-state index contributed by atoms with van der Waals surface area (Å²) in [7, 11) is 2.99. The fourth-order valence-electron chi connectivity index (χ4n) is 11.4. The molecule has 0 heterocycles. The number of esters is 2. The molecule has 0 bridgehead atoms. The molecule has 4 saturated carbocycles. The van der Waals surface area contributed by atoms with Crippen molar-refractivity contribution in [3.05, 3.63) is 47.6 Å². The highest BCUT2D eigenvalue weighted by atomic mass is 16.5. The predicted octanol–water partition coefficient (Wildman–Crippen LogP) is 9.07. The summed E-state index contributed by atoms with van der Waals surface area (Å²) >= 11 is 0. The Hall–Kier alpha value is -2.18. The van der Waals surface area contributed by atoms with Gasteiger partial charge in [-0.15, -0.1) is 0 Å². The number of aliphatic hydroxyl groups excluding tert-OH is 2. The molecule has 0 aromatic rings. The van der Waals surface area contributed by atoms with Crippen LogP contribution in [0, 0.1) is 45.3 Å². The van der Waals surface area contributed by atoms with Gasteiger partial charge < -0.3 is 19.7 Å². The van der Waals surface area contributed by atoms with Crippen LogP contribution in [0.1, 0.15) is 131 Å². The summed E-state index contributed by atoms with van der Waals surface area (Å²) in [6.45, 7) is 21.7. The van der Waals surface area contributed by atoms with Gasteiger partial charge in [0.15, 0.2) is 0 Å². The molecule has 0 aromatic heterocycles. The zero-order valence-corrected chi connectivity index (χ0v) is 31.5. The van der Waals surface area contributed by atoms with Gasteiger partial charge in [-0.3, -0.25) is 9.59 Å². The molecule has 2 N–H and O–H groups in total. The van der Waals surface area contributed by atoms with Crippen molar-refractivity contribution in [1.29, 1.82) is 0 Å². The van der Waals surface area contributed by atoms with Crippen molar-refractivity contribution in [3.63, 3.8) is 0 Å². The van der Waals surface area contributed by atoms with Crippen LogP contribution in [0.5, 0.6) is 0 Å². The minimum Gasteiger partial charge on any atom is -0.469 e. The maximum Gasteiger partial charge on any atom is 0.311 e. The van der Waals surface area contributed by atoms with Crippen molar-refractivity contribution < 1.29 is 29.3 Å². The molecule has 4 rings (SSSR count). The highest BCUT2D eigenvalue weighted by molar-refractivity contribution is 5.77. The molecule has 6 heteroatoms. The quantitative estimate of drug-likeness (QED) is 0.130. The lowest BCUT2D eigenvalue weighted by atomic mass is 9.46. The van der Waals surface area contributed by atoms with E-state index in [2.05, 4.69) is 53.0 Å². The predicted molar refractivity (Wildman–Crippen MR) is 193 cm³/mol. The SMILES string of the molecule is C=C1CC[C@@H]2[C@](C)(CCC[C@]2(C)C(=O)OC)[C@H]1C[C@H](O)/C(C)=C/CC/C=C(\C)[C@@H](O)C[C@H]1C(=C)CC[C@@H]2[C@]1(C)CCC[C@]2(C)C(=O)OC. The summed E-state index contributed by atoms with van der Waals surface area (Å²) in [6.07, 6.45) is 15.4. The number of fused-ring (bicyclic) bond motifs is 2. The number of rotatable bonds is 11. The molecule has 0 aliphatic heterocycles. The van der Waals surface area contributed by atoms with Crippen molar-refractivity contribution >= 4 is 11.9 Å². The molecule has 4 aliphatic carbocycles. The molecular weight excluding hydrogens is 600 g/mol. The normalized spacial score (nSPS) is 38.8. The fourth-order valence-corrected chi connectivity index (χ4v) is 11.4. The first-order valence-corrected chi connectivity index (χ1v) is 18.7. The second kappa shape index (κ2) is 15.0. The van der Waals surface area contributed by atoms with Crippen molar-refractivity contribution in [3.8, 4) is 0 Å². The van der Waals surface area contributed by atoms with Gasteiger partial charge in [0.25, 0.3) is 0 Å². The van der Waals surface area contributed by atoms with Gasteiger partial charge in [0.05, 0.1) is 37.3 Å². The first kappa shape index (κ1) is 38.6. The second-order valence-corrected chi connectivity index (χ2v) is 17.1. The lowest BCUT2D eigenvalue weighted by Gasteiger charge is -2.57. The molecule has 6 nitrogen and oxygen atoms in total. The lowest BCUT2D eigenvalue weighted by Crippen LogP contribution is -2.54. The number of aliphatic hydroxyl groups is 2. The highest BCUT2D eigenvalue weighted by Gasteiger charge is 2.59. The average Bonchev–Trinajstić information content (AvgIpc) is 3.04. The monoisotopic (exact) mass is 666 g/mol. The Kier molecular flexibility index (Phi) is 12.0. The molecule has 0 radical (unpaired) electrons. The van der Waals surface area contributed by atoms with Crippen molar-refractivity contribution in [1.82, 2.24) is 0 Å². The van der Waals surface area contributed by atoms with E-state index < -0.39 is 23.0 Å². The van der Waals surface area contributed by atoms with Gasteiger partial charge in [-0.1, -0.05) is 63.1 Å². The van der Waals surface area contributed by atoms with Crippen molar-refractivity contribution in [2.24, 2.45) is 45.3 Å². The van der Waals surface area contributed by atoms with Gasteiger partial charge in [-0.2, -0.15) is 0 Å². The molecule has 4 aliphatic rings. The number of allylic oxidation sites excluding steroid dienone is 4. The van der Waals surface area contributed by atoms with Gasteiger partial charge in [-0.25, -0.2) is 0 Å². The van der Waals surface area contributed by atoms with E-state index in [-0.39, 0.29) is 46.4 Å². The Balaban J connectivity index is 1.37. The molecule has 270 valence electrons. The fraction of sp³-hybridized carbons (Fsp3) is 0.762. The minimum atomic E-state index is -0.568. The van der Waals surface area contributed by atoms with Crippen LogP contribution < -0.4 is 0 Å². The number of hydrogen-bond acceptors (Lipinski definition) is 6. The van der Waals surface area contributed by atoms with Crippen LogP contribution in [-0.4, -0.2) is 48.6 Å². The average molecular weight is 667 g/mol. The number of carbonyl (C=O) groups excluding carboxylic acids is 2. The first-order valence-electron chi connectivity index (χ1n) is 18.7. The van der Waals surface area contributed by atoms with Gasteiger partial charge >= 0.3 is 11.9 Å². The molecular formula is C42H66O6. The summed E-state index contributed by atoms with van der Waals surface area (Å²) in [6, 6.07) is 0. The maximum absolute atomic E-state index is 12.9. The summed E-state index contributed by atoms with van der Waals surface area (Å²) < 4.78 is 10.6. The second-order valence-electron chi connectivity index (χ2n) is 17.1. The third-order valence-electron chi connectivity index (χ3n) is 14.4. The van der Waals surface area contributed by atoms with E-state index >= 15 is 0 Å². The van der Waals surface area contributed by atoms with E-state index in [0.717, 1.165) is 88.2 Å². The molecule has 0 amide bonds.